The average molecular weight is 423 g/mol. The van der Waals surface area contributed by atoms with Crippen molar-refractivity contribution in [2.75, 3.05) is 10.6 Å². The summed E-state index contributed by atoms with van der Waals surface area (Å²) in [5, 5.41) is 7.79. The summed E-state index contributed by atoms with van der Waals surface area (Å²) in [6, 6.07) is 22.1. The Kier molecular flexibility index (Phi) is 5.60. The van der Waals surface area contributed by atoms with E-state index in [4.69, 9.17) is 23.2 Å². The standard InChI is InChI=1S/C22H16Cl2N4O/c23-16-5-3-4-15(12-16)21(29)26-17-10-8-14(9-11-17)13-25-20-18-6-1-2-7-19(18)27-22(24)28-20/h1-12H,13H2,(H,26,29)(H,25,27,28). The van der Waals surface area contributed by atoms with Crippen LogP contribution in [0.1, 0.15) is 15.9 Å². The van der Waals surface area contributed by atoms with E-state index in [1.54, 1.807) is 24.3 Å². The molecule has 0 unspecified atom stereocenters. The van der Waals surface area contributed by atoms with Gasteiger partial charge in [0.2, 0.25) is 5.28 Å². The van der Waals surface area contributed by atoms with Crippen LogP contribution in [0.4, 0.5) is 11.5 Å². The third-order valence-corrected chi connectivity index (χ3v) is 4.74. The number of aromatic nitrogens is 2. The Morgan fingerprint density at radius 1 is 0.897 bits per heavy atom. The Hall–Kier alpha value is -3.15. The first kappa shape index (κ1) is 19.2. The zero-order chi connectivity index (χ0) is 20.2. The average Bonchev–Trinajstić information content (AvgIpc) is 2.73. The number of halogens is 2. The monoisotopic (exact) mass is 422 g/mol. The number of hydrogen-bond acceptors (Lipinski definition) is 4. The minimum Gasteiger partial charge on any atom is -0.365 e. The Bertz CT molecular complexity index is 1180. The van der Waals surface area contributed by atoms with Crippen molar-refractivity contribution in [3.63, 3.8) is 0 Å². The molecule has 4 aromatic rings. The van der Waals surface area contributed by atoms with Gasteiger partial charge in [-0.1, -0.05) is 41.9 Å². The number of benzene rings is 3. The van der Waals surface area contributed by atoms with Gasteiger partial charge in [-0.3, -0.25) is 4.79 Å². The Morgan fingerprint density at radius 3 is 2.48 bits per heavy atom. The van der Waals surface area contributed by atoms with Gasteiger partial charge in [0.15, 0.2) is 0 Å². The molecule has 1 amide bonds. The van der Waals surface area contributed by atoms with Crippen LogP contribution in [0, 0.1) is 0 Å². The largest absolute Gasteiger partial charge is 0.365 e. The first-order valence-electron chi connectivity index (χ1n) is 8.90. The molecule has 1 aromatic heterocycles. The number of nitrogens with zero attached hydrogens (tertiary/aromatic N) is 2. The van der Waals surface area contributed by atoms with E-state index in [1.165, 1.54) is 0 Å². The molecule has 0 aliphatic rings. The molecule has 0 bridgehead atoms. The van der Waals surface area contributed by atoms with Crippen molar-refractivity contribution in [2.24, 2.45) is 0 Å². The molecule has 144 valence electrons. The number of rotatable bonds is 5. The molecule has 0 fully saturated rings. The van der Waals surface area contributed by atoms with Gasteiger partial charge >= 0.3 is 0 Å². The van der Waals surface area contributed by atoms with E-state index >= 15 is 0 Å². The summed E-state index contributed by atoms with van der Waals surface area (Å²) in [5.41, 5.74) is 3.03. The van der Waals surface area contributed by atoms with Crippen LogP contribution < -0.4 is 10.6 Å². The summed E-state index contributed by atoms with van der Waals surface area (Å²) in [6.45, 7) is 0.555. The SMILES string of the molecule is O=C(Nc1ccc(CNc2nc(Cl)nc3ccccc23)cc1)c1cccc(Cl)c1. The number of anilines is 2. The van der Waals surface area contributed by atoms with E-state index in [0.29, 0.717) is 28.6 Å². The fourth-order valence-corrected chi connectivity index (χ4v) is 3.27. The van der Waals surface area contributed by atoms with E-state index in [-0.39, 0.29) is 11.2 Å². The Balaban J connectivity index is 1.43. The second-order valence-corrected chi connectivity index (χ2v) is 7.15. The van der Waals surface area contributed by atoms with E-state index in [9.17, 15) is 4.79 Å². The summed E-state index contributed by atoms with van der Waals surface area (Å²) in [6.07, 6.45) is 0. The van der Waals surface area contributed by atoms with E-state index in [2.05, 4.69) is 20.6 Å². The molecule has 7 heteroatoms. The van der Waals surface area contributed by atoms with Crippen LogP contribution >= 0.6 is 23.2 Å². The second kappa shape index (κ2) is 8.47. The number of hydrogen-bond donors (Lipinski definition) is 2. The van der Waals surface area contributed by atoms with Gasteiger partial charge in [-0.05, 0) is 59.6 Å². The smallest absolute Gasteiger partial charge is 0.255 e. The lowest BCUT2D eigenvalue weighted by Gasteiger charge is -2.10. The molecule has 0 atom stereocenters. The number of para-hydroxylation sites is 1. The minimum absolute atomic E-state index is 0.199. The van der Waals surface area contributed by atoms with Gasteiger partial charge in [-0.2, -0.15) is 0 Å². The highest BCUT2D eigenvalue weighted by atomic mass is 35.5. The fraction of sp³-hybridized carbons (Fsp3) is 0.0455. The van der Waals surface area contributed by atoms with Crippen LogP contribution in [-0.4, -0.2) is 15.9 Å². The maximum Gasteiger partial charge on any atom is 0.255 e. The van der Waals surface area contributed by atoms with Crippen LogP contribution in [0.15, 0.2) is 72.8 Å². The van der Waals surface area contributed by atoms with Crippen molar-refractivity contribution in [1.29, 1.82) is 0 Å². The molecule has 0 aliphatic heterocycles. The molecule has 3 aromatic carbocycles. The van der Waals surface area contributed by atoms with Crippen LogP contribution in [-0.2, 0) is 6.54 Å². The van der Waals surface area contributed by atoms with Gasteiger partial charge in [0, 0.05) is 28.2 Å². The highest BCUT2D eigenvalue weighted by Gasteiger charge is 2.08. The van der Waals surface area contributed by atoms with Crippen molar-refractivity contribution in [1.82, 2.24) is 9.97 Å². The molecule has 0 spiro atoms. The summed E-state index contributed by atoms with van der Waals surface area (Å²) in [7, 11) is 0. The topological polar surface area (TPSA) is 66.9 Å². The van der Waals surface area contributed by atoms with Crippen molar-refractivity contribution in [3.05, 3.63) is 94.2 Å². The molecule has 29 heavy (non-hydrogen) atoms. The number of carbonyl (C=O) groups is 1. The summed E-state index contributed by atoms with van der Waals surface area (Å²) in [4.78, 5) is 20.8. The molecular formula is C22H16Cl2N4O. The number of carbonyl (C=O) groups excluding carboxylic acids is 1. The van der Waals surface area contributed by atoms with Gasteiger partial charge in [-0.15, -0.1) is 0 Å². The minimum atomic E-state index is -0.208. The van der Waals surface area contributed by atoms with Gasteiger partial charge in [0.05, 0.1) is 5.52 Å². The van der Waals surface area contributed by atoms with Crippen molar-refractivity contribution in [2.45, 2.75) is 6.54 Å². The van der Waals surface area contributed by atoms with Crippen LogP contribution in [0.2, 0.25) is 10.3 Å². The van der Waals surface area contributed by atoms with E-state index < -0.39 is 0 Å². The van der Waals surface area contributed by atoms with Crippen molar-refractivity contribution in [3.8, 4) is 0 Å². The predicted octanol–water partition coefficient (Wildman–Crippen LogP) is 5.80. The molecule has 4 rings (SSSR count). The Morgan fingerprint density at radius 2 is 1.69 bits per heavy atom. The molecule has 0 saturated carbocycles. The lowest BCUT2D eigenvalue weighted by Crippen LogP contribution is -2.11. The maximum absolute atomic E-state index is 12.3. The fourth-order valence-electron chi connectivity index (χ4n) is 2.91. The van der Waals surface area contributed by atoms with Crippen molar-refractivity contribution < 1.29 is 4.79 Å². The normalized spacial score (nSPS) is 10.7. The van der Waals surface area contributed by atoms with Crippen LogP contribution in [0.3, 0.4) is 0 Å². The number of nitrogens with one attached hydrogen (secondary N) is 2. The molecule has 2 N–H and O–H groups in total. The highest BCUT2D eigenvalue weighted by Crippen LogP contribution is 2.22. The third kappa shape index (κ3) is 4.65. The quantitative estimate of drug-likeness (QED) is 0.398. The molecule has 0 aliphatic carbocycles. The summed E-state index contributed by atoms with van der Waals surface area (Å²) in [5.74, 6) is 0.472. The van der Waals surface area contributed by atoms with E-state index in [1.807, 2.05) is 48.5 Å². The number of fused-ring (bicyclic) bond motifs is 1. The lowest BCUT2D eigenvalue weighted by molar-refractivity contribution is 0.102. The predicted molar refractivity (Wildman–Crippen MR) is 118 cm³/mol. The molecule has 0 radical (unpaired) electrons. The second-order valence-electron chi connectivity index (χ2n) is 6.37. The van der Waals surface area contributed by atoms with Gasteiger partial charge in [0.1, 0.15) is 5.82 Å². The Labute approximate surface area is 177 Å². The van der Waals surface area contributed by atoms with Crippen LogP contribution in [0.25, 0.3) is 10.9 Å². The van der Waals surface area contributed by atoms with Crippen molar-refractivity contribution >= 4 is 51.5 Å². The highest BCUT2D eigenvalue weighted by molar-refractivity contribution is 6.31. The summed E-state index contributed by atoms with van der Waals surface area (Å²) < 4.78 is 0. The van der Waals surface area contributed by atoms with Gasteiger partial charge in [0.25, 0.3) is 5.91 Å². The molecular weight excluding hydrogens is 407 g/mol. The maximum atomic E-state index is 12.3. The molecule has 0 saturated heterocycles. The first-order chi connectivity index (χ1) is 14.1. The zero-order valence-electron chi connectivity index (χ0n) is 15.2. The molecule has 1 heterocycles. The lowest BCUT2D eigenvalue weighted by atomic mass is 10.1. The number of amides is 1. The van der Waals surface area contributed by atoms with Crippen LogP contribution in [0.5, 0.6) is 0 Å². The molecule has 5 nitrogen and oxygen atoms in total. The zero-order valence-corrected chi connectivity index (χ0v) is 16.7. The third-order valence-electron chi connectivity index (χ3n) is 4.33. The van der Waals surface area contributed by atoms with E-state index in [0.717, 1.165) is 16.5 Å². The first-order valence-corrected chi connectivity index (χ1v) is 9.66. The van der Waals surface area contributed by atoms with Gasteiger partial charge in [-0.25, -0.2) is 9.97 Å². The summed E-state index contributed by atoms with van der Waals surface area (Å²) >= 11 is 12.0. The van der Waals surface area contributed by atoms with Gasteiger partial charge < -0.3 is 10.6 Å².